The van der Waals surface area contributed by atoms with Crippen LogP contribution in [0.5, 0.6) is 5.88 Å². The molecular formula is C20H26ClN4OS+. The van der Waals surface area contributed by atoms with Gasteiger partial charge in [-0.2, -0.15) is 4.52 Å². The van der Waals surface area contributed by atoms with Crippen molar-refractivity contribution >= 4 is 27.9 Å². The number of aryl methyl sites for hydroxylation is 1. The van der Waals surface area contributed by atoms with Crippen molar-refractivity contribution in [1.29, 1.82) is 0 Å². The summed E-state index contributed by atoms with van der Waals surface area (Å²) in [5.41, 5.74) is 1.06. The molecule has 0 unspecified atom stereocenters. The zero-order valence-electron chi connectivity index (χ0n) is 15.9. The van der Waals surface area contributed by atoms with E-state index in [1.807, 2.05) is 25.1 Å². The van der Waals surface area contributed by atoms with Gasteiger partial charge in [0.05, 0.1) is 18.1 Å². The number of hydrogen-bond donors (Lipinski definition) is 2. The van der Waals surface area contributed by atoms with Gasteiger partial charge in [0.25, 0.3) is 0 Å². The van der Waals surface area contributed by atoms with Crippen LogP contribution in [0.4, 0.5) is 0 Å². The Morgan fingerprint density at radius 3 is 2.63 bits per heavy atom. The topological polar surface area (TPSA) is 54.9 Å². The number of aromatic hydroxyl groups is 1. The molecule has 3 aromatic rings. The molecule has 144 valence electrons. The molecular weight excluding hydrogens is 380 g/mol. The van der Waals surface area contributed by atoms with Crippen LogP contribution in [0.3, 0.4) is 0 Å². The number of nitrogens with zero attached hydrogens (tertiary/aromatic N) is 3. The fourth-order valence-electron chi connectivity index (χ4n) is 4.45. The van der Waals surface area contributed by atoms with E-state index in [9.17, 15) is 5.11 Å². The van der Waals surface area contributed by atoms with E-state index < -0.39 is 0 Å². The number of thiazole rings is 1. The van der Waals surface area contributed by atoms with E-state index in [1.54, 1.807) is 4.52 Å². The molecule has 0 amide bonds. The molecule has 1 aliphatic rings. The fourth-order valence-corrected chi connectivity index (χ4v) is 5.85. The Morgan fingerprint density at radius 1 is 1.30 bits per heavy atom. The third-order valence-electron chi connectivity index (χ3n) is 5.47. The highest BCUT2D eigenvalue weighted by molar-refractivity contribution is 7.17. The minimum absolute atomic E-state index is 0.0116. The molecule has 3 heterocycles. The summed E-state index contributed by atoms with van der Waals surface area (Å²) in [4.78, 5) is 7.65. The molecule has 3 atom stereocenters. The largest absolute Gasteiger partial charge is 0.492 e. The number of halogens is 1. The number of likely N-dealkylation sites (tertiary alicyclic amines) is 1. The highest BCUT2D eigenvalue weighted by atomic mass is 35.5. The van der Waals surface area contributed by atoms with Gasteiger partial charge in [-0.15, -0.1) is 5.10 Å². The Bertz CT molecular complexity index is 943. The number of piperidine rings is 1. The normalized spacial score (nSPS) is 24.4. The Kier molecular flexibility index (Phi) is 5.14. The zero-order valence-corrected chi connectivity index (χ0v) is 17.5. The van der Waals surface area contributed by atoms with Gasteiger partial charge in [-0.05, 0) is 12.5 Å². The van der Waals surface area contributed by atoms with Crippen molar-refractivity contribution in [3.05, 3.63) is 45.6 Å². The molecule has 27 heavy (non-hydrogen) atoms. The number of rotatable bonds is 4. The second-order valence-corrected chi connectivity index (χ2v) is 9.25. The Balaban J connectivity index is 1.84. The van der Waals surface area contributed by atoms with Crippen molar-refractivity contribution in [1.82, 2.24) is 14.6 Å². The summed E-state index contributed by atoms with van der Waals surface area (Å²) in [6, 6.07) is 7.98. The van der Waals surface area contributed by atoms with E-state index >= 15 is 0 Å². The third-order valence-corrected chi connectivity index (χ3v) is 6.90. The molecule has 2 N–H and O–H groups in total. The molecule has 0 bridgehead atoms. The molecule has 5 nitrogen and oxygen atoms in total. The second-order valence-electron chi connectivity index (χ2n) is 7.83. The van der Waals surface area contributed by atoms with Crippen molar-refractivity contribution in [2.24, 2.45) is 11.8 Å². The van der Waals surface area contributed by atoms with Crippen LogP contribution in [0.15, 0.2) is 24.3 Å². The maximum Gasteiger partial charge on any atom is 0.235 e. The predicted octanol–water partition coefficient (Wildman–Crippen LogP) is 3.36. The minimum atomic E-state index is -0.0116. The van der Waals surface area contributed by atoms with E-state index in [2.05, 4.69) is 30.0 Å². The van der Waals surface area contributed by atoms with Crippen molar-refractivity contribution in [2.75, 3.05) is 13.1 Å². The summed E-state index contributed by atoms with van der Waals surface area (Å²) in [5, 5.41) is 16.2. The molecule has 4 rings (SSSR count). The SMILES string of the molecule is CCc1nc2sc([C@H](c3ccccc3Cl)[NH+]3C[C@@H](C)C[C@H](C)C3)c(O)n2n1. The van der Waals surface area contributed by atoms with Crippen LogP contribution >= 0.6 is 22.9 Å². The average Bonchev–Trinajstić information content (AvgIpc) is 3.16. The molecule has 0 spiro atoms. The van der Waals surface area contributed by atoms with Crippen molar-refractivity contribution in [3.8, 4) is 5.88 Å². The summed E-state index contributed by atoms with van der Waals surface area (Å²) >= 11 is 8.13. The highest BCUT2D eigenvalue weighted by Gasteiger charge is 2.37. The first-order valence-electron chi connectivity index (χ1n) is 9.64. The van der Waals surface area contributed by atoms with Crippen molar-refractivity contribution in [3.63, 3.8) is 0 Å². The van der Waals surface area contributed by atoms with E-state index in [4.69, 9.17) is 11.6 Å². The van der Waals surface area contributed by atoms with E-state index in [0.29, 0.717) is 11.8 Å². The van der Waals surface area contributed by atoms with Gasteiger partial charge in [-0.3, -0.25) is 0 Å². The van der Waals surface area contributed by atoms with E-state index in [1.165, 1.54) is 22.7 Å². The maximum atomic E-state index is 11.0. The van der Waals surface area contributed by atoms with Gasteiger partial charge >= 0.3 is 0 Å². The highest BCUT2D eigenvalue weighted by Crippen LogP contribution is 2.37. The zero-order chi connectivity index (χ0) is 19.1. The Labute approximate surface area is 168 Å². The van der Waals surface area contributed by atoms with E-state index in [-0.39, 0.29) is 11.9 Å². The quantitative estimate of drug-likeness (QED) is 0.699. The number of hydrogen-bond acceptors (Lipinski definition) is 4. The number of quaternary nitrogens is 1. The molecule has 0 radical (unpaired) electrons. The van der Waals surface area contributed by atoms with Gasteiger partial charge in [0.2, 0.25) is 10.8 Å². The van der Waals surface area contributed by atoms with Crippen LogP contribution in [0, 0.1) is 11.8 Å². The van der Waals surface area contributed by atoms with E-state index in [0.717, 1.165) is 45.8 Å². The molecule has 2 aromatic heterocycles. The first-order valence-corrected chi connectivity index (χ1v) is 10.8. The number of nitrogens with one attached hydrogen (secondary N) is 1. The first kappa shape index (κ1) is 18.7. The summed E-state index contributed by atoms with van der Waals surface area (Å²) in [7, 11) is 0. The second kappa shape index (κ2) is 7.41. The summed E-state index contributed by atoms with van der Waals surface area (Å²) in [6.07, 6.45) is 2.00. The lowest BCUT2D eigenvalue weighted by Crippen LogP contribution is -3.14. The van der Waals surface area contributed by atoms with Crippen LogP contribution < -0.4 is 4.90 Å². The Hall–Kier alpha value is -1.63. The monoisotopic (exact) mass is 405 g/mol. The number of fused-ring (bicyclic) bond motifs is 1. The molecule has 0 saturated carbocycles. The first-order chi connectivity index (χ1) is 13.0. The lowest BCUT2D eigenvalue weighted by molar-refractivity contribution is -0.936. The average molecular weight is 406 g/mol. The van der Waals surface area contributed by atoms with Gasteiger partial charge in [0.15, 0.2) is 11.9 Å². The maximum absolute atomic E-state index is 11.0. The number of aromatic nitrogens is 3. The van der Waals surface area contributed by atoms with Gasteiger partial charge in [-0.25, -0.2) is 4.98 Å². The van der Waals surface area contributed by atoms with Crippen LogP contribution in [0.1, 0.15) is 49.5 Å². The van der Waals surface area contributed by atoms with Gasteiger partial charge in [-0.1, -0.05) is 61.9 Å². The van der Waals surface area contributed by atoms with Gasteiger partial charge < -0.3 is 10.0 Å². The van der Waals surface area contributed by atoms with Crippen LogP contribution in [0.25, 0.3) is 4.96 Å². The molecule has 1 aliphatic heterocycles. The van der Waals surface area contributed by atoms with Gasteiger partial charge in [0.1, 0.15) is 4.88 Å². The molecule has 7 heteroatoms. The van der Waals surface area contributed by atoms with Gasteiger partial charge in [0, 0.05) is 23.8 Å². The predicted molar refractivity (Wildman–Crippen MR) is 109 cm³/mol. The third kappa shape index (κ3) is 3.46. The van der Waals surface area contributed by atoms with Crippen molar-refractivity contribution < 1.29 is 10.0 Å². The molecule has 0 aliphatic carbocycles. The smallest absolute Gasteiger partial charge is 0.235 e. The van der Waals surface area contributed by atoms with Crippen LogP contribution in [-0.2, 0) is 6.42 Å². The number of benzene rings is 1. The fraction of sp³-hybridized carbons (Fsp3) is 0.500. The lowest BCUT2D eigenvalue weighted by atomic mass is 9.89. The van der Waals surface area contributed by atoms with Crippen LogP contribution in [0.2, 0.25) is 5.02 Å². The molecule has 1 fully saturated rings. The summed E-state index contributed by atoms with van der Waals surface area (Å²) in [6.45, 7) is 8.77. The summed E-state index contributed by atoms with van der Waals surface area (Å²) < 4.78 is 1.58. The summed E-state index contributed by atoms with van der Waals surface area (Å²) in [5.74, 6) is 2.24. The standard InChI is InChI=1S/C20H25ClN4OS/c1-4-16-22-20-25(23-16)19(26)18(27-20)17(14-7-5-6-8-15(14)21)24-10-12(2)9-13(3)11-24/h5-8,12-13,17,26H,4,9-11H2,1-3H3/p+1/t12-,13-,17-/m0/s1. The van der Waals surface area contributed by atoms with Crippen LogP contribution in [-0.4, -0.2) is 32.8 Å². The minimum Gasteiger partial charge on any atom is -0.492 e. The molecule has 1 saturated heterocycles. The molecule has 1 aromatic carbocycles. The lowest BCUT2D eigenvalue weighted by Gasteiger charge is -2.37. The van der Waals surface area contributed by atoms with Crippen molar-refractivity contribution in [2.45, 2.75) is 39.7 Å². The Morgan fingerprint density at radius 2 is 2.00 bits per heavy atom.